The molecule has 1 amide bonds. The molecular formula is C20H22ClN5O. The monoisotopic (exact) mass is 383 g/mol. The predicted molar refractivity (Wildman–Crippen MR) is 107 cm³/mol. The van der Waals surface area contributed by atoms with Gasteiger partial charge in [0.05, 0.1) is 17.9 Å². The molecule has 1 fully saturated rings. The van der Waals surface area contributed by atoms with E-state index in [4.69, 9.17) is 11.6 Å². The summed E-state index contributed by atoms with van der Waals surface area (Å²) >= 11 is 6.71. The molecule has 0 spiro atoms. The minimum atomic E-state index is -0.577. The topological polar surface area (TPSA) is 53.7 Å². The van der Waals surface area contributed by atoms with Crippen molar-refractivity contribution >= 4 is 23.7 Å². The highest BCUT2D eigenvalue weighted by molar-refractivity contribution is 6.25. The van der Waals surface area contributed by atoms with Crippen molar-refractivity contribution in [3.63, 3.8) is 0 Å². The molecule has 1 aromatic heterocycles. The van der Waals surface area contributed by atoms with Crippen molar-refractivity contribution in [1.29, 1.82) is 0 Å². The van der Waals surface area contributed by atoms with Crippen LogP contribution in [0.5, 0.6) is 0 Å². The van der Waals surface area contributed by atoms with Gasteiger partial charge < -0.3 is 4.90 Å². The smallest absolute Gasteiger partial charge is 0.272 e. The van der Waals surface area contributed by atoms with Gasteiger partial charge >= 0.3 is 0 Å². The van der Waals surface area contributed by atoms with Gasteiger partial charge in [-0.2, -0.15) is 5.10 Å². The quantitative estimate of drug-likeness (QED) is 0.604. The molecule has 140 valence electrons. The molecule has 7 heteroatoms. The van der Waals surface area contributed by atoms with Crippen LogP contribution >= 0.6 is 11.6 Å². The van der Waals surface area contributed by atoms with Gasteiger partial charge in [0, 0.05) is 32.4 Å². The zero-order valence-electron chi connectivity index (χ0n) is 15.3. The second-order valence-electron chi connectivity index (χ2n) is 6.87. The Bertz CT molecular complexity index is 883. The lowest BCUT2D eigenvalue weighted by Gasteiger charge is -2.42. The summed E-state index contributed by atoms with van der Waals surface area (Å²) < 4.78 is 1.73. The van der Waals surface area contributed by atoms with Crippen LogP contribution in [0.15, 0.2) is 53.5 Å². The molecule has 27 heavy (non-hydrogen) atoms. The number of aryl methyl sites for hydroxylation is 1. The van der Waals surface area contributed by atoms with Crippen molar-refractivity contribution in [2.75, 3.05) is 32.7 Å². The van der Waals surface area contributed by atoms with Gasteiger partial charge in [-0.05, 0) is 37.3 Å². The minimum absolute atomic E-state index is 0.0000624. The van der Waals surface area contributed by atoms with E-state index in [1.54, 1.807) is 10.9 Å². The van der Waals surface area contributed by atoms with Crippen LogP contribution in [0, 0.1) is 6.92 Å². The Morgan fingerprint density at radius 3 is 2.56 bits per heavy atom. The highest BCUT2D eigenvalue weighted by atomic mass is 35.5. The van der Waals surface area contributed by atoms with Crippen molar-refractivity contribution < 1.29 is 4.79 Å². The highest BCUT2D eigenvalue weighted by Crippen LogP contribution is 2.27. The molecule has 1 aromatic carbocycles. The van der Waals surface area contributed by atoms with Crippen LogP contribution in [0.3, 0.4) is 0 Å². The van der Waals surface area contributed by atoms with E-state index in [9.17, 15) is 4.79 Å². The van der Waals surface area contributed by atoms with Gasteiger partial charge in [-0.1, -0.05) is 29.8 Å². The summed E-state index contributed by atoms with van der Waals surface area (Å²) in [5, 5.41) is 4.51. The van der Waals surface area contributed by atoms with Gasteiger partial charge in [0.25, 0.3) is 5.91 Å². The summed E-state index contributed by atoms with van der Waals surface area (Å²) in [5.41, 5.74) is 2.30. The summed E-state index contributed by atoms with van der Waals surface area (Å²) in [6.07, 6.45) is 5.63. The Labute approximate surface area is 163 Å². The first-order chi connectivity index (χ1) is 13.1. The van der Waals surface area contributed by atoms with Gasteiger partial charge in [0.2, 0.25) is 0 Å². The van der Waals surface area contributed by atoms with Crippen LogP contribution < -0.4 is 0 Å². The number of hydrogen-bond donors (Lipinski definition) is 0. The molecule has 2 aromatic rings. The Kier molecular flexibility index (Phi) is 4.85. The third-order valence-corrected chi connectivity index (χ3v) is 5.48. The molecule has 0 saturated carbocycles. The van der Waals surface area contributed by atoms with E-state index in [1.165, 1.54) is 0 Å². The largest absolute Gasteiger partial charge is 0.335 e. The van der Waals surface area contributed by atoms with Crippen molar-refractivity contribution in [1.82, 2.24) is 19.6 Å². The van der Waals surface area contributed by atoms with Crippen LogP contribution in [-0.2, 0) is 0 Å². The predicted octanol–water partition coefficient (Wildman–Crippen LogP) is 2.51. The summed E-state index contributed by atoms with van der Waals surface area (Å²) in [4.78, 5) is 20.9. The van der Waals surface area contributed by atoms with E-state index in [0.717, 1.165) is 11.4 Å². The number of halogens is 1. The van der Waals surface area contributed by atoms with E-state index in [2.05, 4.69) is 15.0 Å². The second-order valence-corrected chi connectivity index (χ2v) is 7.52. The molecule has 3 heterocycles. The molecule has 6 nitrogen and oxygen atoms in total. The van der Waals surface area contributed by atoms with E-state index >= 15 is 0 Å². The molecule has 2 aliphatic heterocycles. The number of aliphatic imine (C=N–C) groups is 1. The fourth-order valence-electron chi connectivity index (χ4n) is 3.55. The third-order valence-electron chi connectivity index (χ3n) is 5.00. The van der Waals surface area contributed by atoms with E-state index in [0.29, 0.717) is 38.4 Å². The Hall–Kier alpha value is -2.44. The minimum Gasteiger partial charge on any atom is -0.335 e. The molecule has 2 aliphatic rings. The normalized spacial score (nSPS) is 23.0. The van der Waals surface area contributed by atoms with E-state index < -0.39 is 5.00 Å². The van der Waals surface area contributed by atoms with Crippen LogP contribution in [0.1, 0.15) is 16.2 Å². The average molecular weight is 384 g/mol. The maximum atomic E-state index is 13.1. The number of carbonyl (C=O) groups excluding carboxylic acids is 1. The molecule has 4 rings (SSSR count). The number of nitrogens with zero attached hydrogens (tertiary/aromatic N) is 5. The van der Waals surface area contributed by atoms with E-state index in [-0.39, 0.29) is 5.91 Å². The number of benzene rings is 1. The molecule has 0 aliphatic carbocycles. The highest BCUT2D eigenvalue weighted by Gasteiger charge is 2.36. The van der Waals surface area contributed by atoms with Crippen molar-refractivity contribution in [2.45, 2.75) is 11.9 Å². The molecule has 0 N–H and O–H groups in total. The number of para-hydroxylation sites is 1. The van der Waals surface area contributed by atoms with Crippen molar-refractivity contribution in [3.8, 4) is 5.69 Å². The summed E-state index contributed by atoms with van der Waals surface area (Å²) in [6.45, 7) is 5.13. The molecular weight excluding hydrogens is 362 g/mol. The van der Waals surface area contributed by atoms with Crippen LogP contribution in [0.25, 0.3) is 5.69 Å². The number of aromatic nitrogens is 2. The standard InChI is InChI=1S/C20H22ClN5O/c1-16-14-18(26(23-16)17-6-3-2-4-7-17)19(27)24-10-12-25(13-11-24)20(21)8-5-9-22-15-20/h2-9,14H,10-13,15H2,1H3. The number of amides is 1. The number of dihydropyridines is 1. The Morgan fingerprint density at radius 1 is 1.15 bits per heavy atom. The molecule has 1 saturated heterocycles. The maximum Gasteiger partial charge on any atom is 0.272 e. The van der Waals surface area contributed by atoms with E-state index in [1.807, 2.05) is 60.4 Å². The first-order valence-electron chi connectivity index (χ1n) is 9.10. The van der Waals surface area contributed by atoms with Crippen LogP contribution in [0.4, 0.5) is 0 Å². The summed E-state index contributed by atoms with van der Waals surface area (Å²) in [6, 6.07) is 11.6. The maximum absolute atomic E-state index is 13.1. The Balaban J connectivity index is 1.49. The SMILES string of the molecule is Cc1cc(C(=O)N2CCN(C3(Cl)C=CC=NC3)CC2)n(-c2ccccc2)n1. The lowest BCUT2D eigenvalue weighted by atomic mass is 10.1. The average Bonchev–Trinajstić information content (AvgIpc) is 3.10. The fraction of sp³-hybridized carbons (Fsp3) is 0.350. The second kappa shape index (κ2) is 7.29. The summed E-state index contributed by atoms with van der Waals surface area (Å²) in [7, 11) is 0. The zero-order valence-corrected chi connectivity index (χ0v) is 16.0. The molecule has 1 unspecified atom stereocenters. The van der Waals surface area contributed by atoms with Crippen molar-refractivity contribution in [2.24, 2.45) is 4.99 Å². The third kappa shape index (κ3) is 3.55. The van der Waals surface area contributed by atoms with Crippen LogP contribution in [-0.4, -0.2) is 69.4 Å². The number of carbonyl (C=O) groups is 1. The van der Waals surface area contributed by atoms with Gasteiger partial charge in [0.1, 0.15) is 10.7 Å². The van der Waals surface area contributed by atoms with Gasteiger partial charge in [0.15, 0.2) is 0 Å². The molecule has 1 atom stereocenters. The summed E-state index contributed by atoms with van der Waals surface area (Å²) in [5.74, 6) is -0.0000624. The number of piperazine rings is 1. The number of hydrogen-bond acceptors (Lipinski definition) is 4. The Morgan fingerprint density at radius 2 is 1.89 bits per heavy atom. The molecule has 0 radical (unpaired) electrons. The zero-order chi connectivity index (χ0) is 18.9. The number of rotatable bonds is 3. The first-order valence-corrected chi connectivity index (χ1v) is 9.48. The van der Waals surface area contributed by atoms with Gasteiger partial charge in [-0.25, -0.2) is 4.68 Å². The lowest BCUT2D eigenvalue weighted by molar-refractivity contribution is 0.0566. The molecule has 0 bridgehead atoms. The first kappa shape index (κ1) is 17.9. The van der Waals surface area contributed by atoms with Crippen LogP contribution in [0.2, 0.25) is 0 Å². The number of alkyl halides is 1. The van der Waals surface area contributed by atoms with Gasteiger partial charge in [-0.15, -0.1) is 0 Å². The fourth-order valence-corrected chi connectivity index (χ4v) is 3.86. The number of allylic oxidation sites excluding steroid dienone is 1. The van der Waals surface area contributed by atoms with Gasteiger partial charge in [-0.3, -0.25) is 14.7 Å². The lowest BCUT2D eigenvalue weighted by Crippen LogP contribution is -2.56. The van der Waals surface area contributed by atoms with Crippen molar-refractivity contribution in [3.05, 3.63) is 59.9 Å².